The molecule has 1 aromatic heterocycles. The molecule has 4 heteroatoms. The lowest BCUT2D eigenvalue weighted by atomic mass is 9.87. The lowest BCUT2D eigenvalue weighted by Crippen LogP contribution is -2.10. The monoisotopic (exact) mass is 275 g/mol. The molecular formula is C15H18ClN3. The summed E-state index contributed by atoms with van der Waals surface area (Å²) >= 11 is 5.97. The summed E-state index contributed by atoms with van der Waals surface area (Å²) in [5, 5.41) is 3.73. The second-order valence-electron chi connectivity index (χ2n) is 5.59. The second-order valence-corrected chi connectivity index (χ2v) is 5.95. The zero-order chi connectivity index (χ0) is 14.0. The standard InChI is InChI=1S/C15H18ClN3/c1-10-13(16)17-9-18-14(10)19-12-7-5-11(6-8-12)15(2,3)4/h5-9H,1-4H3,(H,17,18,19). The molecule has 0 saturated carbocycles. The van der Waals surface area contributed by atoms with Gasteiger partial charge in [0.2, 0.25) is 0 Å². The molecule has 0 aliphatic heterocycles. The Balaban J connectivity index is 2.23. The Morgan fingerprint density at radius 3 is 2.26 bits per heavy atom. The molecule has 0 radical (unpaired) electrons. The molecule has 1 aromatic carbocycles. The number of halogens is 1. The van der Waals surface area contributed by atoms with Crippen molar-refractivity contribution in [2.45, 2.75) is 33.1 Å². The second kappa shape index (κ2) is 5.17. The Morgan fingerprint density at radius 1 is 1.05 bits per heavy atom. The predicted octanol–water partition coefficient (Wildman–Crippen LogP) is 4.48. The van der Waals surface area contributed by atoms with E-state index in [2.05, 4.69) is 60.3 Å². The van der Waals surface area contributed by atoms with Crippen molar-refractivity contribution >= 4 is 23.1 Å². The fourth-order valence-electron chi connectivity index (χ4n) is 1.74. The first kappa shape index (κ1) is 13.8. The summed E-state index contributed by atoms with van der Waals surface area (Å²) in [6.45, 7) is 8.49. The van der Waals surface area contributed by atoms with Gasteiger partial charge in [-0.3, -0.25) is 0 Å². The average molecular weight is 276 g/mol. The lowest BCUT2D eigenvalue weighted by molar-refractivity contribution is 0.590. The Morgan fingerprint density at radius 2 is 1.68 bits per heavy atom. The van der Waals surface area contributed by atoms with E-state index in [9.17, 15) is 0 Å². The number of nitrogens with zero attached hydrogens (tertiary/aromatic N) is 2. The highest BCUT2D eigenvalue weighted by atomic mass is 35.5. The van der Waals surface area contributed by atoms with Crippen molar-refractivity contribution in [1.82, 2.24) is 9.97 Å². The molecule has 2 rings (SSSR count). The first-order valence-electron chi connectivity index (χ1n) is 6.22. The van der Waals surface area contributed by atoms with Gasteiger partial charge in [-0.1, -0.05) is 44.5 Å². The van der Waals surface area contributed by atoms with Crippen LogP contribution in [0.2, 0.25) is 5.15 Å². The fraction of sp³-hybridized carbons (Fsp3) is 0.333. The molecule has 0 atom stereocenters. The largest absolute Gasteiger partial charge is 0.340 e. The number of nitrogens with one attached hydrogen (secondary N) is 1. The molecule has 0 spiro atoms. The van der Waals surface area contributed by atoms with Gasteiger partial charge in [-0.15, -0.1) is 0 Å². The van der Waals surface area contributed by atoms with Crippen molar-refractivity contribution in [3.8, 4) is 0 Å². The molecule has 2 aromatic rings. The summed E-state index contributed by atoms with van der Waals surface area (Å²) in [7, 11) is 0. The quantitative estimate of drug-likeness (QED) is 0.821. The van der Waals surface area contributed by atoms with Gasteiger partial charge in [0.15, 0.2) is 0 Å². The van der Waals surface area contributed by atoms with Crippen LogP contribution in [0.4, 0.5) is 11.5 Å². The van der Waals surface area contributed by atoms with E-state index in [0.29, 0.717) is 5.15 Å². The maximum absolute atomic E-state index is 5.97. The smallest absolute Gasteiger partial charge is 0.138 e. The van der Waals surface area contributed by atoms with E-state index in [1.54, 1.807) is 0 Å². The van der Waals surface area contributed by atoms with Crippen LogP contribution in [0.3, 0.4) is 0 Å². The number of aromatic nitrogens is 2. The lowest BCUT2D eigenvalue weighted by Gasteiger charge is -2.19. The van der Waals surface area contributed by atoms with Crippen molar-refractivity contribution in [2.75, 3.05) is 5.32 Å². The summed E-state index contributed by atoms with van der Waals surface area (Å²) in [6.07, 6.45) is 1.46. The maximum Gasteiger partial charge on any atom is 0.138 e. The van der Waals surface area contributed by atoms with E-state index in [4.69, 9.17) is 11.6 Å². The van der Waals surface area contributed by atoms with E-state index < -0.39 is 0 Å². The van der Waals surface area contributed by atoms with E-state index in [-0.39, 0.29) is 5.41 Å². The van der Waals surface area contributed by atoms with Gasteiger partial charge in [-0.05, 0) is 30.0 Å². The molecule has 1 heterocycles. The highest BCUT2D eigenvalue weighted by Gasteiger charge is 2.13. The van der Waals surface area contributed by atoms with E-state index in [1.165, 1.54) is 11.9 Å². The summed E-state index contributed by atoms with van der Waals surface area (Å²) < 4.78 is 0. The maximum atomic E-state index is 5.97. The topological polar surface area (TPSA) is 37.8 Å². The van der Waals surface area contributed by atoms with Crippen LogP contribution in [0.15, 0.2) is 30.6 Å². The average Bonchev–Trinajstić information content (AvgIpc) is 2.35. The molecule has 0 saturated heterocycles. The molecule has 0 unspecified atom stereocenters. The molecule has 19 heavy (non-hydrogen) atoms. The number of hydrogen-bond donors (Lipinski definition) is 1. The third-order valence-corrected chi connectivity index (χ3v) is 3.42. The zero-order valence-electron chi connectivity index (χ0n) is 11.7. The van der Waals surface area contributed by atoms with Gasteiger partial charge in [-0.2, -0.15) is 0 Å². The minimum Gasteiger partial charge on any atom is -0.340 e. The SMILES string of the molecule is Cc1c(Cl)ncnc1Nc1ccc(C(C)(C)C)cc1. The third kappa shape index (κ3) is 3.24. The summed E-state index contributed by atoms with van der Waals surface area (Å²) in [4.78, 5) is 8.14. The van der Waals surface area contributed by atoms with Crippen molar-refractivity contribution < 1.29 is 0 Å². The molecular weight excluding hydrogens is 258 g/mol. The van der Waals surface area contributed by atoms with E-state index >= 15 is 0 Å². The molecule has 3 nitrogen and oxygen atoms in total. The van der Waals surface area contributed by atoms with Crippen molar-refractivity contribution in [3.63, 3.8) is 0 Å². The number of anilines is 2. The molecule has 0 aliphatic rings. The van der Waals surface area contributed by atoms with Gasteiger partial charge in [0.05, 0.1) is 0 Å². The van der Waals surface area contributed by atoms with Crippen molar-refractivity contribution in [1.29, 1.82) is 0 Å². The van der Waals surface area contributed by atoms with Gasteiger partial charge < -0.3 is 5.32 Å². The van der Waals surface area contributed by atoms with Crippen molar-refractivity contribution in [3.05, 3.63) is 46.9 Å². The first-order valence-corrected chi connectivity index (χ1v) is 6.60. The predicted molar refractivity (Wildman–Crippen MR) is 80.2 cm³/mol. The van der Waals surface area contributed by atoms with Crippen LogP contribution in [0.5, 0.6) is 0 Å². The zero-order valence-corrected chi connectivity index (χ0v) is 12.4. The van der Waals surface area contributed by atoms with Gasteiger partial charge in [0.25, 0.3) is 0 Å². The van der Waals surface area contributed by atoms with Crippen LogP contribution in [0.1, 0.15) is 31.9 Å². The summed E-state index contributed by atoms with van der Waals surface area (Å²) in [5.74, 6) is 0.739. The van der Waals surface area contributed by atoms with Gasteiger partial charge >= 0.3 is 0 Å². The molecule has 0 fully saturated rings. The number of benzene rings is 1. The molecule has 1 N–H and O–H groups in total. The van der Waals surface area contributed by atoms with Gasteiger partial charge in [0, 0.05) is 11.3 Å². The number of hydrogen-bond acceptors (Lipinski definition) is 3. The van der Waals surface area contributed by atoms with E-state index in [0.717, 1.165) is 17.1 Å². The van der Waals surface area contributed by atoms with Crippen LogP contribution in [0, 0.1) is 6.92 Å². The fourth-order valence-corrected chi connectivity index (χ4v) is 1.88. The van der Waals surface area contributed by atoms with Gasteiger partial charge in [0.1, 0.15) is 17.3 Å². The Labute approximate surface area is 119 Å². The summed E-state index contributed by atoms with van der Waals surface area (Å²) in [5.41, 5.74) is 3.30. The molecule has 0 bridgehead atoms. The highest BCUT2D eigenvalue weighted by molar-refractivity contribution is 6.30. The van der Waals surface area contributed by atoms with Gasteiger partial charge in [-0.25, -0.2) is 9.97 Å². The molecule has 100 valence electrons. The van der Waals surface area contributed by atoms with Crippen LogP contribution >= 0.6 is 11.6 Å². The first-order chi connectivity index (χ1) is 8.88. The van der Waals surface area contributed by atoms with Crippen LogP contribution in [0.25, 0.3) is 0 Å². The minimum atomic E-state index is 0.159. The molecule has 0 aliphatic carbocycles. The third-order valence-electron chi connectivity index (χ3n) is 3.04. The van der Waals surface area contributed by atoms with Crippen LogP contribution < -0.4 is 5.32 Å². The Kier molecular flexibility index (Phi) is 3.76. The minimum absolute atomic E-state index is 0.159. The molecule has 0 amide bonds. The Hall–Kier alpha value is -1.61. The van der Waals surface area contributed by atoms with Crippen LogP contribution in [-0.4, -0.2) is 9.97 Å². The van der Waals surface area contributed by atoms with Crippen molar-refractivity contribution in [2.24, 2.45) is 0 Å². The number of rotatable bonds is 2. The highest BCUT2D eigenvalue weighted by Crippen LogP contribution is 2.26. The van der Waals surface area contributed by atoms with E-state index in [1.807, 2.05) is 6.92 Å². The van der Waals surface area contributed by atoms with Crippen LogP contribution in [-0.2, 0) is 5.41 Å². The normalized spacial score (nSPS) is 11.4. The Bertz CT molecular complexity index is 571. The summed E-state index contributed by atoms with van der Waals surface area (Å²) in [6, 6.07) is 8.35.